The molecule has 0 amide bonds. The van der Waals surface area contributed by atoms with Crippen LogP contribution < -0.4 is 11.1 Å². The standard InChI is InChI=1S/C12H17F2N3/c13-12(14)5-3-10(4-6-12)17-11-2-1-9(7-15)8-16-11/h1-2,8,10H,3-7,15H2,(H,16,17). The van der Waals surface area contributed by atoms with E-state index in [1.165, 1.54) is 0 Å². The number of alkyl halides is 2. The molecule has 1 saturated carbocycles. The Kier molecular flexibility index (Phi) is 3.57. The molecule has 1 aromatic heterocycles. The largest absolute Gasteiger partial charge is 0.367 e. The summed E-state index contributed by atoms with van der Waals surface area (Å²) in [5.41, 5.74) is 6.43. The van der Waals surface area contributed by atoms with Crippen molar-refractivity contribution < 1.29 is 8.78 Å². The molecule has 0 radical (unpaired) electrons. The van der Waals surface area contributed by atoms with Crippen molar-refractivity contribution in [1.82, 2.24) is 4.98 Å². The first-order chi connectivity index (χ1) is 8.09. The molecule has 0 aliphatic heterocycles. The van der Waals surface area contributed by atoms with Gasteiger partial charge in [0.25, 0.3) is 0 Å². The number of anilines is 1. The van der Waals surface area contributed by atoms with Crippen LogP contribution in [0.5, 0.6) is 0 Å². The van der Waals surface area contributed by atoms with Gasteiger partial charge in [0.2, 0.25) is 5.92 Å². The summed E-state index contributed by atoms with van der Waals surface area (Å²) in [6.45, 7) is 0.461. The summed E-state index contributed by atoms with van der Waals surface area (Å²) in [4.78, 5) is 4.20. The summed E-state index contributed by atoms with van der Waals surface area (Å²) in [6, 6.07) is 3.84. The molecule has 1 aliphatic carbocycles. The van der Waals surface area contributed by atoms with Gasteiger partial charge in [0.1, 0.15) is 5.82 Å². The molecule has 1 heterocycles. The van der Waals surface area contributed by atoms with Crippen LogP contribution in [0.15, 0.2) is 18.3 Å². The van der Waals surface area contributed by atoms with E-state index >= 15 is 0 Å². The average Bonchev–Trinajstić information content (AvgIpc) is 2.33. The first-order valence-corrected chi connectivity index (χ1v) is 5.88. The summed E-state index contributed by atoms with van der Waals surface area (Å²) < 4.78 is 25.9. The van der Waals surface area contributed by atoms with Crippen molar-refractivity contribution in [3.8, 4) is 0 Å². The molecule has 0 atom stereocenters. The highest BCUT2D eigenvalue weighted by atomic mass is 19.3. The fourth-order valence-corrected chi connectivity index (χ4v) is 2.02. The smallest absolute Gasteiger partial charge is 0.248 e. The molecule has 0 bridgehead atoms. The molecule has 3 N–H and O–H groups in total. The molecule has 1 fully saturated rings. The lowest BCUT2D eigenvalue weighted by Crippen LogP contribution is -2.32. The highest BCUT2D eigenvalue weighted by molar-refractivity contribution is 5.36. The van der Waals surface area contributed by atoms with Crippen LogP contribution in [0.25, 0.3) is 0 Å². The minimum atomic E-state index is -2.48. The van der Waals surface area contributed by atoms with E-state index in [2.05, 4.69) is 10.3 Å². The van der Waals surface area contributed by atoms with Crippen LogP contribution in [0.1, 0.15) is 31.2 Å². The number of hydrogen-bond acceptors (Lipinski definition) is 3. The number of pyridine rings is 1. The number of halogens is 2. The van der Waals surface area contributed by atoms with Gasteiger partial charge in [-0.2, -0.15) is 0 Å². The van der Waals surface area contributed by atoms with E-state index in [1.807, 2.05) is 12.1 Å². The monoisotopic (exact) mass is 241 g/mol. The maximum absolute atomic E-state index is 13.0. The summed E-state index contributed by atoms with van der Waals surface area (Å²) in [6.07, 6.45) is 2.62. The Balaban J connectivity index is 1.89. The van der Waals surface area contributed by atoms with Gasteiger partial charge in [-0.05, 0) is 24.5 Å². The van der Waals surface area contributed by atoms with Crippen LogP contribution in [0.4, 0.5) is 14.6 Å². The first kappa shape index (κ1) is 12.2. The van der Waals surface area contributed by atoms with Gasteiger partial charge in [0, 0.05) is 31.6 Å². The highest BCUT2D eigenvalue weighted by Crippen LogP contribution is 2.33. The highest BCUT2D eigenvalue weighted by Gasteiger charge is 2.34. The lowest BCUT2D eigenvalue weighted by molar-refractivity contribution is -0.0361. The van der Waals surface area contributed by atoms with Crippen LogP contribution in [0, 0.1) is 0 Å². The van der Waals surface area contributed by atoms with E-state index < -0.39 is 5.92 Å². The van der Waals surface area contributed by atoms with Gasteiger partial charge in [-0.3, -0.25) is 0 Å². The van der Waals surface area contributed by atoms with Crippen LogP contribution in [-0.4, -0.2) is 16.9 Å². The lowest BCUT2D eigenvalue weighted by Gasteiger charge is -2.29. The maximum Gasteiger partial charge on any atom is 0.248 e. The van der Waals surface area contributed by atoms with Crippen molar-refractivity contribution in [1.29, 1.82) is 0 Å². The molecule has 3 nitrogen and oxygen atoms in total. The SMILES string of the molecule is NCc1ccc(NC2CCC(F)(F)CC2)nc1. The summed E-state index contributed by atoms with van der Waals surface area (Å²) in [5, 5.41) is 3.18. The Morgan fingerprint density at radius 3 is 2.59 bits per heavy atom. The van der Waals surface area contributed by atoms with Crippen molar-refractivity contribution in [2.24, 2.45) is 5.73 Å². The van der Waals surface area contributed by atoms with Crippen LogP contribution in [-0.2, 0) is 6.54 Å². The molecule has 1 aliphatic rings. The Bertz CT molecular complexity index is 355. The third-order valence-electron chi connectivity index (χ3n) is 3.13. The van der Waals surface area contributed by atoms with Gasteiger partial charge in [0.15, 0.2) is 0 Å². The maximum atomic E-state index is 13.0. The van der Waals surface area contributed by atoms with Gasteiger partial charge in [-0.15, -0.1) is 0 Å². The molecular weight excluding hydrogens is 224 g/mol. The Labute approximate surface area is 99.4 Å². The Morgan fingerprint density at radius 2 is 2.06 bits per heavy atom. The topological polar surface area (TPSA) is 50.9 Å². The van der Waals surface area contributed by atoms with Crippen molar-refractivity contribution in [2.45, 2.75) is 44.2 Å². The zero-order valence-electron chi connectivity index (χ0n) is 9.63. The molecule has 2 rings (SSSR count). The van der Waals surface area contributed by atoms with Crippen LogP contribution in [0.3, 0.4) is 0 Å². The molecule has 0 saturated heterocycles. The second kappa shape index (κ2) is 4.96. The second-order valence-corrected chi connectivity index (χ2v) is 4.53. The molecular formula is C12H17F2N3. The number of nitrogens with zero attached hydrogens (tertiary/aromatic N) is 1. The molecule has 1 aromatic rings. The van der Waals surface area contributed by atoms with Gasteiger partial charge >= 0.3 is 0 Å². The van der Waals surface area contributed by atoms with E-state index in [1.54, 1.807) is 6.20 Å². The lowest BCUT2D eigenvalue weighted by atomic mass is 9.92. The van der Waals surface area contributed by atoms with Crippen LogP contribution in [0.2, 0.25) is 0 Å². The summed E-state index contributed by atoms with van der Waals surface area (Å²) >= 11 is 0. The van der Waals surface area contributed by atoms with Gasteiger partial charge < -0.3 is 11.1 Å². The molecule has 0 spiro atoms. The van der Waals surface area contributed by atoms with Gasteiger partial charge in [0.05, 0.1) is 0 Å². The summed E-state index contributed by atoms with van der Waals surface area (Å²) in [7, 11) is 0. The zero-order valence-corrected chi connectivity index (χ0v) is 9.63. The van der Waals surface area contributed by atoms with Crippen molar-refractivity contribution >= 4 is 5.82 Å². The first-order valence-electron chi connectivity index (χ1n) is 5.88. The molecule has 0 aromatic carbocycles. The van der Waals surface area contributed by atoms with Crippen molar-refractivity contribution in [3.63, 3.8) is 0 Å². The number of nitrogens with one attached hydrogen (secondary N) is 1. The zero-order chi connectivity index (χ0) is 12.3. The van der Waals surface area contributed by atoms with Gasteiger partial charge in [-0.25, -0.2) is 13.8 Å². The molecule has 0 unspecified atom stereocenters. The quantitative estimate of drug-likeness (QED) is 0.855. The van der Waals surface area contributed by atoms with E-state index in [4.69, 9.17) is 5.73 Å². The Morgan fingerprint density at radius 1 is 1.35 bits per heavy atom. The molecule has 17 heavy (non-hydrogen) atoms. The third-order valence-corrected chi connectivity index (χ3v) is 3.13. The summed E-state index contributed by atoms with van der Waals surface area (Å²) in [5.74, 6) is -1.74. The second-order valence-electron chi connectivity index (χ2n) is 4.53. The van der Waals surface area contributed by atoms with Crippen molar-refractivity contribution in [3.05, 3.63) is 23.9 Å². The van der Waals surface area contributed by atoms with E-state index in [0.29, 0.717) is 19.4 Å². The fourth-order valence-electron chi connectivity index (χ4n) is 2.02. The normalized spacial score (nSPS) is 20.2. The average molecular weight is 241 g/mol. The molecule has 5 heteroatoms. The third kappa shape index (κ3) is 3.36. The van der Waals surface area contributed by atoms with E-state index in [9.17, 15) is 8.78 Å². The number of rotatable bonds is 3. The minimum absolute atomic E-state index is 0.0362. The minimum Gasteiger partial charge on any atom is -0.367 e. The fraction of sp³-hybridized carbons (Fsp3) is 0.583. The van der Waals surface area contributed by atoms with E-state index in [-0.39, 0.29) is 18.9 Å². The number of nitrogens with two attached hydrogens (primary N) is 1. The van der Waals surface area contributed by atoms with Crippen LogP contribution >= 0.6 is 0 Å². The predicted molar refractivity (Wildman–Crippen MR) is 63.0 cm³/mol. The van der Waals surface area contributed by atoms with Gasteiger partial charge in [-0.1, -0.05) is 6.07 Å². The number of aromatic nitrogens is 1. The van der Waals surface area contributed by atoms with E-state index in [0.717, 1.165) is 11.4 Å². The van der Waals surface area contributed by atoms with Crippen molar-refractivity contribution in [2.75, 3.05) is 5.32 Å². The number of hydrogen-bond donors (Lipinski definition) is 2. The Hall–Kier alpha value is -1.23. The molecule has 94 valence electrons. The predicted octanol–water partition coefficient (Wildman–Crippen LogP) is 2.53.